The number of carbonyl (C=O) groups is 1. The summed E-state index contributed by atoms with van der Waals surface area (Å²) in [6.07, 6.45) is 1.72. The third kappa shape index (κ3) is 4.81. The molecule has 1 aliphatic heterocycles. The van der Waals surface area contributed by atoms with Crippen LogP contribution in [-0.2, 0) is 16.1 Å². The van der Waals surface area contributed by atoms with Crippen molar-refractivity contribution >= 4 is 5.91 Å². The van der Waals surface area contributed by atoms with Gasteiger partial charge in [0.1, 0.15) is 11.9 Å². The van der Waals surface area contributed by atoms with Gasteiger partial charge >= 0.3 is 0 Å². The first-order valence-electron chi connectivity index (χ1n) is 10.4. The quantitative estimate of drug-likeness (QED) is 0.660. The molecule has 31 heavy (non-hydrogen) atoms. The van der Waals surface area contributed by atoms with Gasteiger partial charge in [-0.25, -0.2) is 14.1 Å². The number of rotatable bonds is 6. The van der Waals surface area contributed by atoms with Gasteiger partial charge in [-0.05, 0) is 37.6 Å². The number of benzene rings is 1. The number of halogens is 1. The summed E-state index contributed by atoms with van der Waals surface area (Å²) in [5.41, 5.74) is 3.16. The largest absolute Gasteiger partial charge is 0.379 e. The fourth-order valence-corrected chi connectivity index (χ4v) is 3.83. The highest BCUT2D eigenvalue weighted by molar-refractivity contribution is 5.83. The van der Waals surface area contributed by atoms with Crippen LogP contribution in [0.25, 0.3) is 5.82 Å². The summed E-state index contributed by atoms with van der Waals surface area (Å²) < 4.78 is 21.7. The SMILES string of the molecule is Cc1cc(C)n(-c2ccc(CNC(=O)C(c3ccccc3F)N3CCOCC3)cn2)n1. The van der Waals surface area contributed by atoms with E-state index in [1.165, 1.54) is 6.07 Å². The Balaban J connectivity index is 1.47. The highest BCUT2D eigenvalue weighted by Crippen LogP contribution is 2.25. The predicted molar refractivity (Wildman–Crippen MR) is 114 cm³/mol. The summed E-state index contributed by atoms with van der Waals surface area (Å²) in [4.78, 5) is 19.5. The van der Waals surface area contributed by atoms with Crippen molar-refractivity contribution in [3.05, 3.63) is 77.0 Å². The summed E-state index contributed by atoms with van der Waals surface area (Å²) >= 11 is 0. The Morgan fingerprint density at radius 2 is 1.97 bits per heavy atom. The monoisotopic (exact) mass is 423 g/mol. The molecule has 0 radical (unpaired) electrons. The van der Waals surface area contributed by atoms with E-state index in [1.54, 1.807) is 29.1 Å². The minimum atomic E-state index is -0.702. The van der Waals surface area contributed by atoms with Crippen molar-refractivity contribution in [3.63, 3.8) is 0 Å². The Bertz CT molecular complexity index is 1040. The van der Waals surface area contributed by atoms with Gasteiger partial charge in [0.15, 0.2) is 5.82 Å². The highest BCUT2D eigenvalue weighted by atomic mass is 19.1. The first kappa shape index (κ1) is 21.1. The zero-order valence-electron chi connectivity index (χ0n) is 17.7. The standard InChI is InChI=1S/C23H26FN5O2/c1-16-13-17(2)29(27-16)21-8-7-18(14-25-21)15-26-23(30)22(28-9-11-31-12-10-28)19-5-3-4-6-20(19)24/h3-8,13-14,22H,9-12,15H2,1-2H3,(H,26,30). The third-order valence-electron chi connectivity index (χ3n) is 5.36. The van der Waals surface area contributed by atoms with Crippen LogP contribution >= 0.6 is 0 Å². The Hall–Kier alpha value is -3.10. The van der Waals surface area contributed by atoms with Gasteiger partial charge in [-0.15, -0.1) is 0 Å². The van der Waals surface area contributed by atoms with Gasteiger partial charge in [-0.2, -0.15) is 5.10 Å². The number of ether oxygens (including phenoxy) is 1. The molecule has 1 aromatic carbocycles. The van der Waals surface area contributed by atoms with Crippen molar-refractivity contribution in [2.75, 3.05) is 26.3 Å². The molecule has 162 valence electrons. The van der Waals surface area contributed by atoms with Crippen LogP contribution in [0.5, 0.6) is 0 Å². The van der Waals surface area contributed by atoms with E-state index in [1.807, 2.05) is 36.9 Å². The molecule has 0 saturated carbocycles. The smallest absolute Gasteiger partial charge is 0.242 e. The molecule has 1 atom stereocenters. The molecular formula is C23H26FN5O2. The number of nitrogens with one attached hydrogen (secondary N) is 1. The lowest BCUT2D eigenvalue weighted by molar-refractivity contribution is -0.128. The molecular weight excluding hydrogens is 397 g/mol. The van der Waals surface area contributed by atoms with Crippen LogP contribution < -0.4 is 5.32 Å². The van der Waals surface area contributed by atoms with E-state index in [2.05, 4.69) is 15.4 Å². The zero-order chi connectivity index (χ0) is 21.8. The summed E-state index contributed by atoms with van der Waals surface area (Å²) in [5, 5.41) is 7.38. The van der Waals surface area contributed by atoms with Crippen LogP contribution in [-0.4, -0.2) is 51.9 Å². The normalized spacial score (nSPS) is 15.6. The number of carbonyl (C=O) groups excluding carboxylic acids is 1. The molecule has 1 unspecified atom stereocenters. The maximum Gasteiger partial charge on any atom is 0.242 e. The first-order chi connectivity index (χ1) is 15.0. The molecule has 1 fully saturated rings. The topological polar surface area (TPSA) is 72.3 Å². The van der Waals surface area contributed by atoms with Crippen molar-refractivity contribution in [1.82, 2.24) is 25.0 Å². The Morgan fingerprint density at radius 3 is 2.61 bits per heavy atom. The summed E-state index contributed by atoms with van der Waals surface area (Å²) in [7, 11) is 0. The fraction of sp³-hybridized carbons (Fsp3) is 0.348. The number of morpholine rings is 1. The predicted octanol–water partition coefficient (Wildman–Crippen LogP) is 2.71. The number of amides is 1. The second-order valence-corrected chi connectivity index (χ2v) is 7.65. The van der Waals surface area contributed by atoms with Crippen molar-refractivity contribution in [2.24, 2.45) is 0 Å². The average molecular weight is 423 g/mol. The zero-order valence-corrected chi connectivity index (χ0v) is 17.7. The molecule has 8 heteroatoms. The van der Waals surface area contributed by atoms with Crippen LogP contribution in [0.4, 0.5) is 4.39 Å². The maximum absolute atomic E-state index is 14.5. The highest BCUT2D eigenvalue weighted by Gasteiger charge is 2.30. The van der Waals surface area contributed by atoms with E-state index in [9.17, 15) is 9.18 Å². The lowest BCUT2D eigenvalue weighted by Crippen LogP contribution is -2.46. The molecule has 1 N–H and O–H groups in total. The summed E-state index contributed by atoms with van der Waals surface area (Å²) in [5.74, 6) is 0.0953. The van der Waals surface area contributed by atoms with E-state index in [4.69, 9.17) is 4.74 Å². The average Bonchev–Trinajstić information content (AvgIpc) is 3.13. The van der Waals surface area contributed by atoms with Crippen LogP contribution in [0.3, 0.4) is 0 Å². The Morgan fingerprint density at radius 1 is 1.19 bits per heavy atom. The number of aromatic nitrogens is 3. The molecule has 0 bridgehead atoms. The number of aryl methyl sites for hydroxylation is 2. The van der Waals surface area contributed by atoms with Gasteiger partial charge < -0.3 is 10.1 Å². The van der Waals surface area contributed by atoms with Crippen LogP contribution in [0, 0.1) is 19.7 Å². The second kappa shape index (κ2) is 9.36. The molecule has 1 amide bonds. The van der Waals surface area contributed by atoms with Crippen LogP contribution in [0.2, 0.25) is 0 Å². The first-order valence-corrected chi connectivity index (χ1v) is 10.4. The van der Waals surface area contributed by atoms with E-state index in [0.29, 0.717) is 38.4 Å². The summed E-state index contributed by atoms with van der Waals surface area (Å²) in [6.45, 7) is 6.42. The van der Waals surface area contributed by atoms with E-state index in [0.717, 1.165) is 22.8 Å². The van der Waals surface area contributed by atoms with Gasteiger partial charge in [0.05, 0.1) is 18.9 Å². The van der Waals surface area contributed by atoms with E-state index in [-0.39, 0.29) is 11.7 Å². The summed E-state index contributed by atoms with van der Waals surface area (Å²) in [6, 6.07) is 11.5. The minimum Gasteiger partial charge on any atom is -0.379 e. The molecule has 1 saturated heterocycles. The van der Waals surface area contributed by atoms with Crippen molar-refractivity contribution in [1.29, 1.82) is 0 Å². The molecule has 2 aromatic heterocycles. The molecule has 3 heterocycles. The number of hydrogen-bond acceptors (Lipinski definition) is 5. The minimum absolute atomic E-state index is 0.241. The van der Waals surface area contributed by atoms with Crippen molar-refractivity contribution in [2.45, 2.75) is 26.4 Å². The maximum atomic E-state index is 14.5. The molecule has 0 spiro atoms. The lowest BCUT2D eigenvalue weighted by atomic mass is 10.0. The second-order valence-electron chi connectivity index (χ2n) is 7.65. The van der Waals surface area contributed by atoms with E-state index < -0.39 is 6.04 Å². The number of nitrogens with zero attached hydrogens (tertiary/aromatic N) is 4. The van der Waals surface area contributed by atoms with Crippen molar-refractivity contribution < 1.29 is 13.9 Å². The fourth-order valence-electron chi connectivity index (χ4n) is 3.83. The molecule has 1 aliphatic rings. The number of hydrogen-bond donors (Lipinski definition) is 1. The molecule has 7 nitrogen and oxygen atoms in total. The van der Waals surface area contributed by atoms with Gasteiger partial charge in [-0.1, -0.05) is 24.3 Å². The Kier molecular flexibility index (Phi) is 6.39. The van der Waals surface area contributed by atoms with Crippen LogP contribution in [0.1, 0.15) is 28.6 Å². The van der Waals surface area contributed by atoms with Gasteiger partial charge in [0, 0.05) is 37.1 Å². The van der Waals surface area contributed by atoms with Crippen molar-refractivity contribution in [3.8, 4) is 5.82 Å². The third-order valence-corrected chi connectivity index (χ3v) is 5.36. The van der Waals surface area contributed by atoms with Gasteiger partial charge in [0.2, 0.25) is 5.91 Å². The lowest BCUT2D eigenvalue weighted by Gasteiger charge is -2.34. The number of pyridine rings is 1. The van der Waals surface area contributed by atoms with Crippen LogP contribution in [0.15, 0.2) is 48.7 Å². The van der Waals surface area contributed by atoms with E-state index >= 15 is 0 Å². The van der Waals surface area contributed by atoms with Gasteiger partial charge in [0.25, 0.3) is 0 Å². The molecule has 3 aromatic rings. The van der Waals surface area contributed by atoms with Gasteiger partial charge in [-0.3, -0.25) is 9.69 Å². The molecule has 0 aliphatic carbocycles. The molecule has 4 rings (SSSR count). The Labute approximate surface area is 180 Å².